The number of nitrogens with zero attached hydrogens (tertiary/aromatic N) is 4. The first-order valence-electron chi connectivity index (χ1n) is 8.93. The van der Waals surface area contributed by atoms with Gasteiger partial charge in [0.15, 0.2) is 0 Å². The summed E-state index contributed by atoms with van der Waals surface area (Å²) in [6.45, 7) is 9.03. The molecule has 1 aromatic carbocycles. The van der Waals surface area contributed by atoms with E-state index in [1.807, 2.05) is 12.4 Å². The third-order valence-electron chi connectivity index (χ3n) is 4.74. The molecule has 1 saturated heterocycles. The molecule has 1 amide bonds. The summed E-state index contributed by atoms with van der Waals surface area (Å²) in [5.74, 6) is 0.938. The van der Waals surface area contributed by atoms with Gasteiger partial charge < -0.3 is 9.47 Å². The second-order valence-corrected chi connectivity index (χ2v) is 7.30. The van der Waals surface area contributed by atoms with Crippen molar-refractivity contribution >= 4 is 17.5 Å². The van der Waals surface area contributed by atoms with Gasteiger partial charge in [-0.15, -0.1) is 0 Å². The fourth-order valence-electron chi connectivity index (χ4n) is 3.27. The van der Waals surface area contributed by atoms with Crippen LogP contribution >= 0.6 is 11.6 Å². The van der Waals surface area contributed by atoms with Gasteiger partial charge in [0.05, 0.1) is 10.6 Å². The van der Waals surface area contributed by atoms with Gasteiger partial charge in [-0.1, -0.05) is 25.4 Å². The van der Waals surface area contributed by atoms with E-state index in [0.29, 0.717) is 24.6 Å². The predicted molar refractivity (Wildman–Crippen MR) is 100 cm³/mol. The van der Waals surface area contributed by atoms with Crippen molar-refractivity contribution in [1.29, 1.82) is 0 Å². The summed E-state index contributed by atoms with van der Waals surface area (Å²) >= 11 is 6.01. The molecule has 0 radical (unpaired) electrons. The topological polar surface area (TPSA) is 41.4 Å². The standard InChI is InChI=1S/C19H24ClFN4O/c1-14(2)18-22-5-6-24(18)10-7-23-8-11-25(12-9-23)19(26)16-4-3-15(21)13-17(16)20/h3-6,13-14H,7-12H2,1-2H3. The van der Waals surface area contributed by atoms with E-state index < -0.39 is 5.82 Å². The molecule has 2 heterocycles. The van der Waals surface area contributed by atoms with E-state index in [9.17, 15) is 9.18 Å². The Morgan fingerprint density at radius 1 is 1.23 bits per heavy atom. The molecule has 2 aromatic rings. The molecule has 0 aliphatic carbocycles. The number of hydrogen-bond acceptors (Lipinski definition) is 3. The second kappa shape index (κ2) is 8.18. The van der Waals surface area contributed by atoms with Crippen LogP contribution in [0.1, 0.15) is 35.9 Å². The predicted octanol–water partition coefficient (Wildman–Crippen LogP) is 3.26. The summed E-state index contributed by atoms with van der Waals surface area (Å²) < 4.78 is 15.4. The van der Waals surface area contributed by atoms with E-state index in [1.165, 1.54) is 18.2 Å². The van der Waals surface area contributed by atoms with Gasteiger partial charge in [0.25, 0.3) is 5.91 Å². The molecule has 1 aromatic heterocycles. The van der Waals surface area contributed by atoms with E-state index in [4.69, 9.17) is 11.6 Å². The zero-order chi connectivity index (χ0) is 18.7. The Bertz CT molecular complexity index is 769. The summed E-state index contributed by atoms with van der Waals surface area (Å²) in [6.07, 6.45) is 3.87. The van der Waals surface area contributed by atoms with Crippen molar-refractivity contribution < 1.29 is 9.18 Å². The average Bonchev–Trinajstić information content (AvgIpc) is 3.09. The average molecular weight is 379 g/mol. The normalized spacial score (nSPS) is 15.7. The maximum absolute atomic E-state index is 13.2. The summed E-state index contributed by atoms with van der Waals surface area (Å²) in [5.41, 5.74) is 0.363. The van der Waals surface area contributed by atoms with Crippen LogP contribution in [0.15, 0.2) is 30.6 Å². The molecule has 140 valence electrons. The molecule has 0 saturated carbocycles. The summed E-state index contributed by atoms with van der Waals surface area (Å²) in [4.78, 5) is 21.1. The number of imidazole rings is 1. The van der Waals surface area contributed by atoms with Crippen LogP contribution in [0.5, 0.6) is 0 Å². The SMILES string of the molecule is CC(C)c1nccn1CCN1CCN(C(=O)c2ccc(F)cc2Cl)CC1. The van der Waals surface area contributed by atoms with Crippen molar-refractivity contribution in [1.82, 2.24) is 19.4 Å². The quantitative estimate of drug-likeness (QED) is 0.802. The van der Waals surface area contributed by atoms with Crippen LogP contribution in [0.25, 0.3) is 0 Å². The van der Waals surface area contributed by atoms with E-state index in [2.05, 4.69) is 28.3 Å². The zero-order valence-electron chi connectivity index (χ0n) is 15.2. The van der Waals surface area contributed by atoms with Gasteiger partial charge in [0, 0.05) is 57.6 Å². The Morgan fingerprint density at radius 2 is 1.96 bits per heavy atom. The highest BCUT2D eigenvalue weighted by molar-refractivity contribution is 6.33. The van der Waals surface area contributed by atoms with Gasteiger partial charge in [-0.2, -0.15) is 0 Å². The van der Waals surface area contributed by atoms with Crippen molar-refractivity contribution in [2.45, 2.75) is 26.3 Å². The lowest BCUT2D eigenvalue weighted by Gasteiger charge is -2.35. The van der Waals surface area contributed by atoms with Crippen molar-refractivity contribution in [2.24, 2.45) is 0 Å². The smallest absolute Gasteiger partial charge is 0.255 e. The number of halogens is 2. The Hall–Kier alpha value is -1.92. The highest BCUT2D eigenvalue weighted by Gasteiger charge is 2.23. The monoisotopic (exact) mass is 378 g/mol. The maximum Gasteiger partial charge on any atom is 0.255 e. The van der Waals surface area contributed by atoms with Gasteiger partial charge in [-0.05, 0) is 18.2 Å². The number of carbonyl (C=O) groups is 1. The lowest BCUT2D eigenvalue weighted by molar-refractivity contribution is 0.0633. The molecule has 1 aliphatic rings. The number of hydrogen-bond donors (Lipinski definition) is 0. The minimum Gasteiger partial charge on any atom is -0.336 e. The molecule has 0 bridgehead atoms. The zero-order valence-corrected chi connectivity index (χ0v) is 15.9. The van der Waals surface area contributed by atoms with E-state index in [0.717, 1.165) is 32.0 Å². The molecule has 3 rings (SSSR count). The third-order valence-corrected chi connectivity index (χ3v) is 5.05. The number of benzene rings is 1. The fourth-order valence-corrected chi connectivity index (χ4v) is 3.52. The molecule has 0 unspecified atom stereocenters. The van der Waals surface area contributed by atoms with E-state index >= 15 is 0 Å². The van der Waals surface area contributed by atoms with Crippen molar-refractivity contribution in [3.8, 4) is 0 Å². The van der Waals surface area contributed by atoms with Gasteiger partial charge in [0.2, 0.25) is 0 Å². The Kier molecular flexibility index (Phi) is 5.94. The van der Waals surface area contributed by atoms with Crippen LogP contribution in [0.3, 0.4) is 0 Å². The van der Waals surface area contributed by atoms with Crippen LogP contribution < -0.4 is 0 Å². The molecule has 5 nitrogen and oxygen atoms in total. The van der Waals surface area contributed by atoms with Gasteiger partial charge >= 0.3 is 0 Å². The molecular weight excluding hydrogens is 355 g/mol. The number of piperazine rings is 1. The van der Waals surface area contributed by atoms with Gasteiger partial charge in [-0.25, -0.2) is 9.37 Å². The van der Waals surface area contributed by atoms with Crippen LogP contribution in [0.2, 0.25) is 5.02 Å². The van der Waals surface area contributed by atoms with E-state index in [1.54, 1.807) is 4.90 Å². The molecule has 26 heavy (non-hydrogen) atoms. The highest BCUT2D eigenvalue weighted by Crippen LogP contribution is 2.20. The molecule has 7 heteroatoms. The Labute approximate surface area is 158 Å². The number of carbonyl (C=O) groups excluding carboxylic acids is 1. The minimum atomic E-state index is -0.434. The Balaban J connectivity index is 1.52. The summed E-state index contributed by atoms with van der Waals surface area (Å²) in [5, 5.41) is 0.166. The maximum atomic E-state index is 13.2. The van der Waals surface area contributed by atoms with Crippen LogP contribution in [-0.2, 0) is 6.54 Å². The first-order valence-corrected chi connectivity index (χ1v) is 9.31. The molecule has 0 N–H and O–H groups in total. The van der Waals surface area contributed by atoms with Crippen molar-refractivity contribution in [2.75, 3.05) is 32.7 Å². The lowest BCUT2D eigenvalue weighted by Crippen LogP contribution is -2.49. The second-order valence-electron chi connectivity index (χ2n) is 6.89. The number of amides is 1. The largest absolute Gasteiger partial charge is 0.336 e. The highest BCUT2D eigenvalue weighted by atomic mass is 35.5. The molecule has 0 atom stereocenters. The van der Waals surface area contributed by atoms with Crippen LogP contribution in [-0.4, -0.2) is 58.0 Å². The molecule has 1 fully saturated rings. The third kappa shape index (κ3) is 4.24. The van der Waals surface area contributed by atoms with Crippen molar-refractivity contribution in [3.05, 3.63) is 52.8 Å². The van der Waals surface area contributed by atoms with Gasteiger partial charge in [-0.3, -0.25) is 9.69 Å². The van der Waals surface area contributed by atoms with Gasteiger partial charge in [0.1, 0.15) is 11.6 Å². The van der Waals surface area contributed by atoms with Crippen molar-refractivity contribution in [3.63, 3.8) is 0 Å². The Morgan fingerprint density at radius 3 is 2.62 bits per heavy atom. The van der Waals surface area contributed by atoms with E-state index in [-0.39, 0.29) is 10.9 Å². The molecular formula is C19H24ClFN4O. The fraction of sp³-hybridized carbons (Fsp3) is 0.474. The summed E-state index contributed by atoms with van der Waals surface area (Å²) in [7, 11) is 0. The summed E-state index contributed by atoms with van der Waals surface area (Å²) in [6, 6.07) is 3.91. The molecule has 1 aliphatic heterocycles. The first-order chi connectivity index (χ1) is 12.5. The van der Waals surface area contributed by atoms with Crippen LogP contribution in [0.4, 0.5) is 4.39 Å². The molecule has 0 spiro atoms. The minimum absolute atomic E-state index is 0.133. The first kappa shape index (κ1) is 18.9. The number of rotatable bonds is 5. The lowest BCUT2D eigenvalue weighted by atomic mass is 10.1. The van der Waals surface area contributed by atoms with Crippen LogP contribution in [0, 0.1) is 5.82 Å². The number of aromatic nitrogens is 2.